The minimum absolute atomic E-state index is 0. The largest absolute Gasteiger partial charge is 0.399 e. The van der Waals surface area contributed by atoms with Crippen LogP contribution >= 0.6 is 37.2 Å². The van der Waals surface area contributed by atoms with E-state index in [0.717, 1.165) is 38.4 Å². The number of hydrogen-bond acceptors (Lipinski definition) is 4. The molecule has 156 valence electrons. The maximum absolute atomic E-state index is 13.0. The Morgan fingerprint density at radius 1 is 1.00 bits per heavy atom. The number of nitrogens with two attached hydrogens (primary N) is 1. The van der Waals surface area contributed by atoms with Gasteiger partial charge in [0.1, 0.15) is 5.82 Å². The fourth-order valence-electron chi connectivity index (χ4n) is 2.99. The van der Waals surface area contributed by atoms with Gasteiger partial charge in [0, 0.05) is 56.2 Å². The summed E-state index contributed by atoms with van der Waals surface area (Å²) in [7, 11) is 0. The molecule has 28 heavy (non-hydrogen) atoms. The molecule has 3 rings (SSSR count). The molecule has 3 N–H and O–H groups in total. The Morgan fingerprint density at radius 3 is 2.25 bits per heavy atom. The summed E-state index contributed by atoms with van der Waals surface area (Å²) in [4.78, 5) is 16.6. The Kier molecular flexibility index (Phi) is 11.9. The highest BCUT2D eigenvalue weighted by atomic mass is 35.5. The molecule has 1 heterocycles. The number of piperazine rings is 1. The second-order valence-electron chi connectivity index (χ2n) is 6.19. The smallest absolute Gasteiger partial charge is 0.251 e. The monoisotopic (exact) mass is 450 g/mol. The Hall–Kier alpha value is -1.73. The summed E-state index contributed by atoms with van der Waals surface area (Å²) in [5.74, 6) is -0.310. The van der Waals surface area contributed by atoms with E-state index in [1.54, 1.807) is 24.3 Å². The lowest BCUT2D eigenvalue weighted by Gasteiger charge is -2.36. The van der Waals surface area contributed by atoms with Crippen molar-refractivity contribution < 1.29 is 9.18 Å². The highest BCUT2D eigenvalue weighted by molar-refractivity contribution is 5.94. The van der Waals surface area contributed by atoms with E-state index in [9.17, 15) is 9.18 Å². The topological polar surface area (TPSA) is 61.6 Å². The molecule has 1 fully saturated rings. The summed E-state index contributed by atoms with van der Waals surface area (Å²) in [5, 5.41) is 2.93. The SMILES string of the molecule is Cl.Cl.Cl.Nc1cccc(C(=O)NCCN2CCN(c3ccc(F)cc3)CC2)c1. The van der Waals surface area contributed by atoms with Gasteiger partial charge in [0.2, 0.25) is 0 Å². The molecule has 0 radical (unpaired) electrons. The summed E-state index contributed by atoms with van der Waals surface area (Å²) >= 11 is 0. The van der Waals surface area contributed by atoms with Gasteiger partial charge in [-0.3, -0.25) is 9.69 Å². The van der Waals surface area contributed by atoms with Crippen molar-refractivity contribution in [3.05, 3.63) is 59.9 Å². The lowest BCUT2D eigenvalue weighted by molar-refractivity contribution is 0.0948. The number of nitrogens with zero attached hydrogens (tertiary/aromatic N) is 2. The van der Waals surface area contributed by atoms with E-state index in [-0.39, 0.29) is 48.9 Å². The molecule has 0 unspecified atom stereocenters. The first-order chi connectivity index (χ1) is 12.1. The Balaban J connectivity index is 0.00000243. The van der Waals surface area contributed by atoms with Gasteiger partial charge in [0.15, 0.2) is 0 Å². The van der Waals surface area contributed by atoms with Gasteiger partial charge in [-0.15, -0.1) is 37.2 Å². The average Bonchev–Trinajstić information content (AvgIpc) is 2.63. The minimum atomic E-state index is -0.210. The van der Waals surface area contributed by atoms with Crippen LogP contribution in [0.2, 0.25) is 0 Å². The summed E-state index contributed by atoms with van der Waals surface area (Å²) in [6.07, 6.45) is 0. The van der Waals surface area contributed by atoms with Gasteiger partial charge in [-0.25, -0.2) is 4.39 Å². The number of benzene rings is 2. The maximum Gasteiger partial charge on any atom is 0.251 e. The van der Waals surface area contributed by atoms with E-state index in [0.29, 0.717) is 17.8 Å². The van der Waals surface area contributed by atoms with E-state index >= 15 is 0 Å². The standard InChI is InChI=1S/C19H23FN4O.3ClH/c20-16-4-6-18(7-5-16)24-12-10-23(11-13-24)9-8-22-19(25)15-2-1-3-17(21)14-15;;;/h1-7,14H,8-13,21H2,(H,22,25);3*1H. The molecule has 1 amide bonds. The third-order valence-electron chi connectivity index (χ3n) is 4.43. The van der Waals surface area contributed by atoms with Gasteiger partial charge in [-0.2, -0.15) is 0 Å². The second-order valence-corrected chi connectivity index (χ2v) is 6.19. The molecule has 2 aromatic carbocycles. The third kappa shape index (κ3) is 7.36. The molecule has 1 saturated heterocycles. The molecule has 0 spiro atoms. The number of hydrogen-bond donors (Lipinski definition) is 2. The van der Waals surface area contributed by atoms with E-state index < -0.39 is 0 Å². The summed E-state index contributed by atoms with van der Waals surface area (Å²) in [6.45, 7) is 5.05. The summed E-state index contributed by atoms with van der Waals surface area (Å²) < 4.78 is 13.0. The highest BCUT2D eigenvalue weighted by Crippen LogP contribution is 2.16. The molecule has 2 aromatic rings. The molecule has 0 saturated carbocycles. The van der Waals surface area contributed by atoms with Gasteiger partial charge in [-0.05, 0) is 42.5 Å². The molecule has 0 aliphatic carbocycles. The number of carbonyl (C=O) groups is 1. The normalized spacial score (nSPS) is 13.5. The molecule has 0 atom stereocenters. The van der Waals surface area contributed by atoms with E-state index in [1.165, 1.54) is 12.1 Å². The van der Waals surface area contributed by atoms with Crippen molar-refractivity contribution in [2.45, 2.75) is 0 Å². The van der Waals surface area contributed by atoms with Crippen LogP contribution in [0.5, 0.6) is 0 Å². The Labute approximate surface area is 183 Å². The molecule has 0 aromatic heterocycles. The number of anilines is 2. The van der Waals surface area contributed by atoms with Crippen molar-refractivity contribution >= 4 is 54.5 Å². The zero-order valence-electron chi connectivity index (χ0n) is 15.3. The number of carbonyl (C=O) groups excluding carboxylic acids is 1. The lowest BCUT2D eigenvalue weighted by Crippen LogP contribution is -2.48. The molecule has 0 bridgehead atoms. The second kappa shape index (κ2) is 12.7. The molecule has 1 aliphatic heterocycles. The van der Waals surface area contributed by atoms with Crippen molar-refractivity contribution in [1.29, 1.82) is 0 Å². The Bertz CT molecular complexity index is 725. The van der Waals surface area contributed by atoms with Crippen LogP contribution in [-0.2, 0) is 0 Å². The van der Waals surface area contributed by atoms with Crippen molar-refractivity contribution in [2.75, 3.05) is 49.9 Å². The fraction of sp³-hybridized carbons (Fsp3) is 0.316. The van der Waals surface area contributed by atoms with Crippen molar-refractivity contribution in [2.24, 2.45) is 0 Å². The van der Waals surface area contributed by atoms with Crippen molar-refractivity contribution in [1.82, 2.24) is 10.2 Å². The summed E-state index contributed by atoms with van der Waals surface area (Å²) in [6, 6.07) is 13.6. The number of nitrogens with one attached hydrogen (secondary N) is 1. The first-order valence-corrected chi connectivity index (χ1v) is 8.48. The van der Waals surface area contributed by atoms with Gasteiger partial charge in [0.05, 0.1) is 0 Å². The average molecular weight is 452 g/mol. The highest BCUT2D eigenvalue weighted by Gasteiger charge is 2.17. The molecule has 9 heteroatoms. The van der Waals surface area contributed by atoms with Crippen LogP contribution in [0, 0.1) is 5.82 Å². The van der Waals surface area contributed by atoms with Crippen LogP contribution in [0.4, 0.5) is 15.8 Å². The van der Waals surface area contributed by atoms with Crippen LogP contribution in [0.15, 0.2) is 48.5 Å². The van der Waals surface area contributed by atoms with E-state index in [4.69, 9.17) is 5.73 Å². The first kappa shape index (κ1) is 26.3. The lowest BCUT2D eigenvalue weighted by atomic mass is 10.2. The van der Waals surface area contributed by atoms with Crippen LogP contribution in [-0.4, -0.2) is 50.1 Å². The van der Waals surface area contributed by atoms with Gasteiger partial charge >= 0.3 is 0 Å². The number of rotatable bonds is 5. The Morgan fingerprint density at radius 2 is 1.64 bits per heavy atom. The minimum Gasteiger partial charge on any atom is -0.399 e. The zero-order valence-corrected chi connectivity index (χ0v) is 17.8. The molecule has 5 nitrogen and oxygen atoms in total. The predicted octanol–water partition coefficient (Wildman–Crippen LogP) is 3.23. The maximum atomic E-state index is 13.0. The van der Waals surface area contributed by atoms with E-state index in [1.807, 2.05) is 12.1 Å². The third-order valence-corrected chi connectivity index (χ3v) is 4.43. The molecule has 1 aliphatic rings. The number of nitrogen functional groups attached to an aromatic ring is 1. The molecular formula is C19H26Cl3FN4O. The van der Waals surface area contributed by atoms with Crippen LogP contribution in [0.25, 0.3) is 0 Å². The van der Waals surface area contributed by atoms with E-state index in [2.05, 4.69) is 15.1 Å². The van der Waals surface area contributed by atoms with Gasteiger partial charge < -0.3 is 16.0 Å². The quantitative estimate of drug-likeness (QED) is 0.685. The predicted molar refractivity (Wildman–Crippen MR) is 120 cm³/mol. The van der Waals surface area contributed by atoms with Crippen LogP contribution in [0.3, 0.4) is 0 Å². The number of amides is 1. The first-order valence-electron chi connectivity index (χ1n) is 8.48. The van der Waals surface area contributed by atoms with Crippen LogP contribution < -0.4 is 16.0 Å². The van der Waals surface area contributed by atoms with Gasteiger partial charge in [-0.1, -0.05) is 6.07 Å². The summed E-state index contributed by atoms with van der Waals surface area (Å²) in [5.41, 5.74) is 7.92. The molecular weight excluding hydrogens is 426 g/mol. The van der Waals surface area contributed by atoms with Crippen molar-refractivity contribution in [3.63, 3.8) is 0 Å². The van der Waals surface area contributed by atoms with Crippen LogP contribution in [0.1, 0.15) is 10.4 Å². The zero-order chi connectivity index (χ0) is 17.6. The number of halogens is 4. The fourth-order valence-corrected chi connectivity index (χ4v) is 2.99. The van der Waals surface area contributed by atoms with Crippen molar-refractivity contribution in [3.8, 4) is 0 Å². The van der Waals surface area contributed by atoms with Gasteiger partial charge in [0.25, 0.3) is 5.91 Å².